The lowest BCUT2D eigenvalue weighted by molar-refractivity contribution is -0.115. The predicted molar refractivity (Wildman–Crippen MR) is 112 cm³/mol. The summed E-state index contributed by atoms with van der Waals surface area (Å²) in [6.45, 7) is 0. The predicted octanol–water partition coefficient (Wildman–Crippen LogP) is 3.89. The van der Waals surface area contributed by atoms with E-state index in [0.29, 0.717) is 28.1 Å². The molecular weight excluding hydrogens is 381 g/mol. The van der Waals surface area contributed by atoms with E-state index in [-0.39, 0.29) is 17.8 Å². The lowest BCUT2D eigenvalue weighted by atomic mass is 10.1. The molecule has 3 rings (SSSR count). The quantitative estimate of drug-likeness (QED) is 0.302. The van der Waals surface area contributed by atoms with E-state index in [9.17, 15) is 14.0 Å². The minimum atomic E-state index is -0.530. The van der Waals surface area contributed by atoms with Gasteiger partial charge in [-0.15, -0.1) is 0 Å². The van der Waals surface area contributed by atoms with Crippen molar-refractivity contribution in [2.24, 2.45) is 0 Å². The lowest BCUT2D eigenvalue weighted by Crippen LogP contribution is -2.17. The number of benzene rings is 3. The monoisotopic (exact) mass is 397 g/mol. The van der Waals surface area contributed by atoms with Gasteiger partial charge in [-0.2, -0.15) is 5.26 Å². The van der Waals surface area contributed by atoms with Crippen LogP contribution in [0.4, 0.5) is 15.8 Å². The Labute approximate surface area is 173 Å². The highest BCUT2D eigenvalue weighted by Crippen LogP contribution is 2.20. The number of hydrogen-bond donors (Lipinski definition) is 2. The van der Waals surface area contributed by atoms with E-state index in [1.165, 1.54) is 18.2 Å². The maximum Gasteiger partial charge on any atom is 0.232 e. The Balaban J connectivity index is 1.71. The zero-order chi connectivity index (χ0) is 21.5. The molecule has 5 nitrogen and oxygen atoms in total. The summed E-state index contributed by atoms with van der Waals surface area (Å²) in [4.78, 5) is 24.6. The Bertz CT molecular complexity index is 1220. The van der Waals surface area contributed by atoms with Gasteiger partial charge in [-0.05, 0) is 54.6 Å². The van der Waals surface area contributed by atoms with E-state index < -0.39 is 11.7 Å². The largest absolute Gasteiger partial charge is 0.397 e. The first-order chi connectivity index (χ1) is 14.4. The number of nitrogen functional groups attached to an aromatic ring is 1. The number of nitriles is 1. The number of ketones is 1. The van der Waals surface area contributed by atoms with Crippen LogP contribution in [0.5, 0.6) is 0 Å². The normalized spacial score (nSPS) is 9.73. The average Bonchev–Trinajstić information content (AvgIpc) is 2.75. The third-order valence-electron chi connectivity index (χ3n) is 4.16. The van der Waals surface area contributed by atoms with Gasteiger partial charge in [0, 0.05) is 16.7 Å². The van der Waals surface area contributed by atoms with Crippen molar-refractivity contribution in [2.45, 2.75) is 6.42 Å². The molecule has 3 N–H and O–H groups in total. The molecular formula is C24H16FN3O2. The molecule has 3 aromatic rings. The minimum Gasteiger partial charge on any atom is -0.397 e. The number of nitrogens with zero attached hydrogens (tertiary/aromatic N) is 1. The van der Waals surface area contributed by atoms with E-state index in [4.69, 9.17) is 11.0 Å². The molecule has 0 radical (unpaired) electrons. The van der Waals surface area contributed by atoms with Gasteiger partial charge < -0.3 is 11.1 Å². The number of Topliss-reactive ketones (excluding diaryl/α,β-unsaturated/α-hetero) is 1. The van der Waals surface area contributed by atoms with Crippen LogP contribution >= 0.6 is 0 Å². The fraction of sp³-hybridized carbons (Fsp3) is 0.0417. The van der Waals surface area contributed by atoms with Gasteiger partial charge in [0.15, 0.2) is 5.78 Å². The van der Waals surface area contributed by atoms with Gasteiger partial charge in [-0.1, -0.05) is 24.0 Å². The van der Waals surface area contributed by atoms with Crippen molar-refractivity contribution < 1.29 is 14.0 Å². The number of nitrogens with two attached hydrogens (primary N) is 1. The van der Waals surface area contributed by atoms with Crippen molar-refractivity contribution in [1.29, 1.82) is 5.26 Å². The SMILES string of the molecule is N#Cc1cccc(C(=O)CC(=O)Nc2cc(C#Cc3ccc(F)cc3)ccc2N)c1. The lowest BCUT2D eigenvalue weighted by Gasteiger charge is -2.08. The molecule has 0 aliphatic carbocycles. The molecule has 0 bridgehead atoms. The highest BCUT2D eigenvalue weighted by Gasteiger charge is 2.13. The Kier molecular flexibility index (Phi) is 6.22. The van der Waals surface area contributed by atoms with Crippen LogP contribution in [0.25, 0.3) is 0 Å². The van der Waals surface area contributed by atoms with Gasteiger partial charge in [0.05, 0.1) is 29.4 Å². The number of anilines is 2. The number of amides is 1. The molecule has 6 heteroatoms. The Morgan fingerprint density at radius 1 is 0.933 bits per heavy atom. The van der Waals surface area contributed by atoms with Gasteiger partial charge >= 0.3 is 0 Å². The maximum absolute atomic E-state index is 13.0. The number of carbonyl (C=O) groups excluding carboxylic acids is 2. The smallest absolute Gasteiger partial charge is 0.232 e. The molecule has 1 amide bonds. The van der Waals surface area contributed by atoms with Crippen molar-refractivity contribution in [2.75, 3.05) is 11.1 Å². The number of hydrogen-bond acceptors (Lipinski definition) is 4. The molecule has 0 aliphatic heterocycles. The van der Waals surface area contributed by atoms with Gasteiger partial charge in [-0.3, -0.25) is 9.59 Å². The summed E-state index contributed by atoms with van der Waals surface area (Å²) in [6.07, 6.45) is -0.389. The number of carbonyl (C=O) groups is 2. The maximum atomic E-state index is 13.0. The van der Waals surface area contributed by atoms with Crippen LogP contribution in [-0.4, -0.2) is 11.7 Å². The fourth-order valence-electron chi connectivity index (χ4n) is 2.62. The number of nitrogens with one attached hydrogen (secondary N) is 1. The highest BCUT2D eigenvalue weighted by atomic mass is 19.1. The van der Waals surface area contributed by atoms with Gasteiger partial charge in [0.1, 0.15) is 5.82 Å². The van der Waals surface area contributed by atoms with E-state index in [1.54, 1.807) is 48.5 Å². The zero-order valence-electron chi connectivity index (χ0n) is 15.8. The molecule has 0 unspecified atom stereocenters. The molecule has 30 heavy (non-hydrogen) atoms. The van der Waals surface area contributed by atoms with Crippen molar-refractivity contribution >= 4 is 23.1 Å². The summed E-state index contributed by atoms with van der Waals surface area (Å²) >= 11 is 0. The molecule has 0 spiro atoms. The second kappa shape index (κ2) is 9.18. The zero-order valence-corrected chi connectivity index (χ0v) is 15.8. The summed E-state index contributed by atoms with van der Waals surface area (Å²) in [5.74, 6) is 4.55. The summed E-state index contributed by atoms with van der Waals surface area (Å²) in [5.41, 5.74) is 8.45. The van der Waals surface area contributed by atoms with E-state index in [2.05, 4.69) is 17.2 Å². The standard InChI is InChI=1S/C24H16FN3O2/c25-20-9-6-16(7-10-20)4-5-17-8-11-21(27)22(13-17)28-24(30)14-23(29)19-3-1-2-18(12-19)15-26/h1-3,6-13H,14,27H2,(H,28,30). The van der Waals surface area contributed by atoms with Crippen LogP contribution in [0, 0.1) is 29.0 Å². The van der Waals surface area contributed by atoms with Crippen molar-refractivity contribution in [1.82, 2.24) is 0 Å². The Morgan fingerprint density at radius 3 is 2.37 bits per heavy atom. The van der Waals surface area contributed by atoms with E-state index in [0.717, 1.165) is 0 Å². The van der Waals surface area contributed by atoms with Gasteiger partial charge in [0.2, 0.25) is 5.91 Å². The van der Waals surface area contributed by atoms with Gasteiger partial charge in [0.25, 0.3) is 0 Å². The summed E-state index contributed by atoms with van der Waals surface area (Å²) in [6, 6.07) is 18.8. The van der Waals surface area contributed by atoms with Crippen LogP contribution in [0.1, 0.15) is 33.5 Å². The molecule has 0 saturated heterocycles. The van der Waals surface area contributed by atoms with Crippen LogP contribution < -0.4 is 11.1 Å². The fourth-order valence-corrected chi connectivity index (χ4v) is 2.62. The summed E-state index contributed by atoms with van der Waals surface area (Å²) < 4.78 is 13.0. The highest BCUT2D eigenvalue weighted by molar-refractivity contribution is 6.11. The van der Waals surface area contributed by atoms with Crippen LogP contribution in [0.2, 0.25) is 0 Å². The summed E-state index contributed by atoms with van der Waals surface area (Å²) in [5, 5.41) is 11.5. The van der Waals surface area contributed by atoms with Crippen molar-refractivity contribution in [3.63, 3.8) is 0 Å². The molecule has 0 saturated carbocycles. The molecule has 3 aromatic carbocycles. The number of halogens is 1. The first-order valence-corrected chi connectivity index (χ1v) is 8.95. The van der Waals surface area contributed by atoms with Gasteiger partial charge in [-0.25, -0.2) is 4.39 Å². The average molecular weight is 397 g/mol. The Morgan fingerprint density at radius 2 is 1.63 bits per heavy atom. The van der Waals surface area contributed by atoms with Crippen molar-refractivity contribution in [3.05, 3.63) is 94.8 Å². The third-order valence-corrected chi connectivity index (χ3v) is 4.16. The van der Waals surface area contributed by atoms with Crippen molar-refractivity contribution in [3.8, 4) is 17.9 Å². The second-order valence-corrected chi connectivity index (χ2v) is 6.40. The van der Waals surface area contributed by atoms with E-state index in [1.807, 2.05) is 6.07 Å². The molecule has 146 valence electrons. The van der Waals surface area contributed by atoms with Crippen LogP contribution in [-0.2, 0) is 4.79 Å². The molecule has 0 fully saturated rings. The minimum absolute atomic E-state index is 0.288. The molecule has 0 aromatic heterocycles. The first-order valence-electron chi connectivity index (χ1n) is 8.95. The molecule has 0 aliphatic rings. The topological polar surface area (TPSA) is 96.0 Å². The molecule has 0 atom stereocenters. The third kappa shape index (κ3) is 5.31. The first kappa shape index (κ1) is 20.3. The van der Waals surface area contributed by atoms with Crippen LogP contribution in [0.3, 0.4) is 0 Å². The van der Waals surface area contributed by atoms with Crippen LogP contribution in [0.15, 0.2) is 66.7 Å². The summed E-state index contributed by atoms with van der Waals surface area (Å²) in [7, 11) is 0. The second-order valence-electron chi connectivity index (χ2n) is 6.40. The Hall–Kier alpha value is -4.42. The number of rotatable bonds is 4. The van der Waals surface area contributed by atoms with E-state index >= 15 is 0 Å². The molecule has 0 heterocycles.